The number of nitrogens with zero attached hydrogens (tertiary/aromatic N) is 5. The summed E-state index contributed by atoms with van der Waals surface area (Å²) in [6.07, 6.45) is 7.11. The van der Waals surface area contributed by atoms with Crippen LogP contribution in [0.3, 0.4) is 0 Å². The molecule has 1 N–H and O–H groups in total. The maximum Gasteiger partial charge on any atom is 0.221 e. The van der Waals surface area contributed by atoms with E-state index < -0.39 is 0 Å². The molecule has 0 aliphatic heterocycles. The van der Waals surface area contributed by atoms with Gasteiger partial charge in [0.25, 0.3) is 0 Å². The van der Waals surface area contributed by atoms with E-state index in [1.165, 1.54) is 12.8 Å². The second-order valence-electron chi connectivity index (χ2n) is 7.36. The standard InChI is InChI=1S/C18H30N6O/c1-5-23-15-12-20-24(17(15)14(2)21-23)11-8-16(25)19-13-18(22(3)4)9-6-7-10-18/h12H,5-11,13H2,1-4H3,(H,19,25). The van der Waals surface area contributed by atoms with Crippen molar-refractivity contribution >= 4 is 16.9 Å². The fourth-order valence-corrected chi connectivity index (χ4v) is 4.00. The van der Waals surface area contributed by atoms with Crippen LogP contribution in [-0.2, 0) is 17.9 Å². The molecule has 2 aromatic heterocycles. The summed E-state index contributed by atoms with van der Waals surface area (Å²) in [7, 11) is 4.23. The van der Waals surface area contributed by atoms with E-state index in [0.29, 0.717) is 13.0 Å². The summed E-state index contributed by atoms with van der Waals surface area (Å²) in [4.78, 5) is 14.6. The van der Waals surface area contributed by atoms with E-state index >= 15 is 0 Å². The lowest BCUT2D eigenvalue weighted by atomic mass is 9.96. The Labute approximate surface area is 149 Å². The van der Waals surface area contributed by atoms with Gasteiger partial charge in [0.15, 0.2) is 0 Å². The predicted molar refractivity (Wildman–Crippen MR) is 98.4 cm³/mol. The predicted octanol–water partition coefficient (Wildman–Crippen LogP) is 1.94. The smallest absolute Gasteiger partial charge is 0.221 e. The number of likely N-dealkylation sites (N-methyl/N-ethyl adjacent to an activating group) is 1. The Morgan fingerprint density at radius 1 is 1.32 bits per heavy atom. The van der Waals surface area contributed by atoms with Gasteiger partial charge in [0.2, 0.25) is 5.91 Å². The summed E-state index contributed by atoms with van der Waals surface area (Å²) < 4.78 is 3.86. The summed E-state index contributed by atoms with van der Waals surface area (Å²) in [6.45, 7) is 6.21. The highest BCUT2D eigenvalue weighted by Crippen LogP contribution is 2.33. The van der Waals surface area contributed by atoms with Crippen LogP contribution in [0.2, 0.25) is 0 Å². The van der Waals surface area contributed by atoms with Crippen LogP contribution in [-0.4, -0.2) is 56.5 Å². The minimum atomic E-state index is 0.0947. The molecule has 0 spiro atoms. The lowest BCUT2D eigenvalue weighted by molar-refractivity contribution is -0.121. The topological polar surface area (TPSA) is 68.0 Å². The third-order valence-electron chi connectivity index (χ3n) is 5.66. The number of rotatable bonds is 7. The van der Waals surface area contributed by atoms with Crippen LogP contribution in [0.15, 0.2) is 6.20 Å². The van der Waals surface area contributed by atoms with Gasteiger partial charge in [-0.1, -0.05) is 12.8 Å². The fourth-order valence-electron chi connectivity index (χ4n) is 4.00. The van der Waals surface area contributed by atoms with Crippen LogP contribution in [0.25, 0.3) is 11.0 Å². The molecule has 0 unspecified atom stereocenters. The van der Waals surface area contributed by atoms with Crippen LogP contribution >= 0.6 is 0 Å². The maximum atomic E-state index is 12.4. The van der Waals surface area contributed by atoms with Crippen molar-refractivity contribution in [2.24, 2.45) is 0 Å². The number of amides is 1. The zero-order valence-electron chi connectivity index (χ0n) is 15.9. The Morgan fingerprint density at radius 3 is 2.68 bits per heavy atom. The van der Waals surface area contributed by atoms with Gasteiger partial charge in [0.1, 0.15) is 11.0 Å². The Kier molecular flexibility index (Phi) is 5.13. The van der Waals surface area contributed by atoms with Crippen LogP contribution in [0.5, 0.6) is 0 Å². The molecule has 0 bridgehead atoms. The Morgan fingerprint density at radius 2 is 2.04 bits per heavy atom. The van der Waals surface area contributed by atoms with Crippen LogP contribution in [0.4, 0.5) is 0 Å². The van der Waals surface area contributed by atoms with E-state index in [4.69, 9.17) is 0 Å². The first kappa shape index (κ1) is 17.9. The molecule has 138 valence electrons. The van der Waals surface area contributed by atoms with Gasteiger partial charge in [-0.15, -0.1) is 0 Å². The summed E-state index contributed by atoms with van der Waals surface area (Å²) in [5, 5.41) is 12.1. The minimum absolute atomic E-state index is 0.0947. The molecule has 0 atom stereocenters. The molecule has 25 heavy (non-hydrogen) atoms. The van der Waals surface area contributed by atoms with Crippen molar-refractivity contribution in [2.75, 3.05) is 20.6 Å². The van der Waals surface area contributed by atoms with E-state index in [-0.39, 0.29) is 11.4 Å². The van der Waals surface area contributed by atoms with E-state index in [1.807, 2.05) is 22.5 Å². The molecule has 2 heterocycles. The van der Waals surface area contributed by atoms with Gasteiger partial charge >= 0.3 is 0 Å². The number of carbonyl (C=O) groups excluding carboxylic acids is 1. The molecule has 0 saturated heterocycles. The van der Waals surface area contributed by atoms with Crippen molar-refractivity contribution < 1.29 is 4.79 Å². The summed E-state index contributed by atoms with van der Waals surface area (Å²) in [6, 6.07) is 0. The normalized spacial score (nSPS) is 16.8. The summed E-state index contributed by atoms with van der Waals surface area (Å²) in [5.74, 6) is 0.0947. The van der Waals surface area contributed by atoms with Crippen molar-refractivity contribution in [3.05, 3.63) is 11.9 Å². The van der Waals surface area contributed by atoms with E-state index in [1.54, 1.807) is 0 Å². The Hall–Kier alpha value is -1.89. The average molecular weight is 346 g/mol. The third kappa shape index (κ3) is 3.42. The fraction of sp³-hybridized carbons (Fsp3) is 0.722. The van der Waals surface area contributed by atoms with Crippen LogP contribution in [0, 0.1) is 6.92 Å². The largest absolute Gasteiger partial charge is 0.354 e. The monoisotopic (exact) mass is 346 g/mol. The number of fused-ring (bicyclic) bond motifs is 1. The molecular weight excluding hydrogens is 316 g/mol. The van der Waals surface area contributed by atoms with Gasteiger partial charge in [-0.25, -0.2) is 0 Å². The van der Waals surface area contributed by atoms with E-state index in [9.17, 15) is 4.79 Å². The molecule has 0 radical (unpaired) electrons. The molecule has 7 heteroatoms. The second kappa shape index (κ2) is 7.15. The zero-order valence-corrected chi connectivity index (χ0v) is 15.9. The molecule has 1 fully saturated rings. The van der Waals surface area contributed by atoms with Gasteiger partial charge in [-0.05, 0) is 40.8 Å². The van der Waals surface area contributed by atoms with Gasteiger partial charge in [0, 0.05) is 25.0 Å². The lowest BCUT2D eigenvalue weighted by Crippen LogP contribution is -2.50. The highest BCUT2D eigenvalue weighted by molar-refractivity contribution is 5.78. The second-order valence-corrected chi connectivity index (χ2v) is 7.36. The average Bonchev–Trinajstić information content (AvgIpc) is 3.28. The molecule has 1 aliphatic carbocycles. The number of nitrogens with one attached hydrogen (secondary N) is 1. The number of hydrogen-bond donors (Lipinski definition) is 1. The first-order valence-corrected chi connectivity index (χ1v) is 9.30. The number of aryl methyl sites for hydroxylation is 3. The molecule has 1 amide bonds. The van der Waals surface area contributed by atoms with Gasteiger partial charge < -0.3 is 10.2 Å². The van der Waals surface area contributed by atoms with Crippen molar-refractivity contribution in [3.8, 4) is 0 Å². The van der Waals surface area contributed by atoms with Crippen molar-refractivity contribution in [2.45, 2.75) is 64.6 Å². The SMILES string of the molecule is CCn1nc(C)c2c1cnn2CCC(=O)NCC1(N(C)C)CCCC1. The van der Waals surface area contributed by atoms with Crippen molar-refractivity contribution in [3.63, 3.8) is 0 Å². The van der Waals surface area contributed by atoms with Crippen LogP contribution in [0.1, 0.15) is 44.7 Å². The van der Waals surface area contributed by atoms with Crippen molar-refractivity contribution in [1.29, 1.82) is 0 Å². The van der Waals surface area contributed by atoms with Crippen molar-refractivity contribution in [1.82, 2.24) is 29.8 Å². The Bertz CT molecular complexity index is 738. The van der Waals surface area contributed by atoms with E-state index in [0.717, 1.165) is 42.7 Å². The first-order chi connectivity index (χ1) is 12.0. The van der Waals surface area contributed by atoms with Crippen LogP contribution < -0.4 is 5.32 Å². The summed E-state index contributed by atoms with van der Waals surface area (Å²) >= 11 is 0. The quantitative estimate of drug-likeness (QED) is 0.832. The molecule has 0 aromatic carbocycles. The minimum Gasteiger partial charge on any atom is -0.354 e. The molecule has 2 aromatic rings. The van der Waals surface area contributed by atoms with Gasteiger partial charge in [0.05, 0.1) is 18.4 Å². The molecule has 1 aliphatic rings. The number of aromatic nitrogens is 4. The van der Waals surface area contributed by atoms with E-state index in [2.05, 4.69) is 41.4 Å². The molecule has 1 saturated carbocycles. The third-order valence-corrected chi connectivity index (χ3v) is 5.66. The maximum absolute atomic E-state index is 12.4. The number of hydrogen-bond acceptors (Lipinski definition) is 4. The lowest BCUT2D eigenvalue weighted by Gasteiger charge is -2.36. The number of carbonyl (C=O) groups is 1. The van der Waals surface area contributed by atoms with Gasteiger partial charge in [-0.2, -0.15) is 10.2 Å². The van der Waals surface area contributed by atoms with Gasteiger partial charge in [-0.3, -0.25) is 14.2 Å². The highest BCUT2D eigenvalue weighted by Gasteiger charge is 2.36. The summed E-state index contributed by atoms with van der Waals surface area (Å²) in [5.41, 5.74) is 3.17. The first-order valence-electron chi connectivity index (χ1n) is 9.30. The molecular formula is C18H30N6O. The zero-order chi connectivity index (χ0) is 18.0. The molecule has 3 rings (SSSR count). The highest BCUT2D eigenvalue weighted by atomic mass is 16.1. The Balaban J connectivity index is 1.59. The molecule has 7 nitrogen and oxygen atoms in total.